The first-order chi connectivity index (χ1) is 13.9. The van der Waals surface area contributed by atoms with Gasteiger partial charge in [0.1, 0.15) is 0 Å². The minimum absolute atomic E-state index is 0.409. The second kappa shape index (κ2) is 6.29. The van der Waals surface area contributed by atoms with Crippen molar-refractivity contribution in [2.75, 3.05) is 0 Å². The fourth-order valence-electron chi connectivity index (χ4n) is 9.90. The van der Waals surface area contributed by atoms with Gasteiger partial charge in [0.25, 0.3) is 0 Å². The van der Waals surface area contributed by atoms with E-state index in [9.17, 15) is 0 Å². The third kappa shape index (κ3) is 2.58. The van der Waals surface area contributed by atoms with Crippen LogP contribution in [-0.4, -0.2) is 0 Å². The Labute approximate surface area is 187 Å². The molecular weight excluding hydrogens is 360 g/mol. The van der Waals surface area contributed by atoms with Crippen molar-refractivity contribution in [2.45, 2.75) is 113 Å². The van der Waals surface area contributed by atoms with E-state index in [1.54, 1.807) is 5.57 Å². The molecule has 0 saturated heterocycles. The topological polar surface area (TPSA) is 0 Å². The second-order valence-electron chi connectivity index (χ2n) is 14.4. The van der Waals surface area contributed by atoms with Crippen molar-refractivity contribution in [1.82, 2.24) is 0 Å². The van der Waals surface area contributed by atoms with Gasteiger partial charge in [-0.2, -0.15) is 0 Å². The Hall–Kier alpha value is -0.520. The first-order valence-corrected chi connectivity index (χ1v) is 13.3. The van der Waals surface area contributed by atoms with E-state index in [1.165, 1.54) is 64.2 Å². The molecule has 5 rings (SSSR count). The van der Waals surface area contributed by atoms with Crippen LogP contribution in [0.1, 0.15) is 113 Å². The van der Waals surface area contributed by atoms with Crippen molar-refractivity contribution in [3.8, 4) is 0 Å². The Morgan fingerprint density at radius 3 is 2.27 bits per heavy atom. The maximum absolute atomic E-state index is 4.65. The SMILES string of the molecule is C=C1[C@H](C)CC[C@]2(C)[C@H]3CC=C4[C@@H]5CC(C)(C)CC[C@]5(C)CC[C@@]4(C)[C@]3(C)CC[C@@H]12. The minimum atomic E-state index is 0.409. The van der Waals surface area contributed by atoms with Gasteiger partial charge in [-0.1, -0.05) is 72.3 Å². The highest BCUT2D eigenvalue weighted by Crippen LogP contribution is 2.74. The third-order valence-corrected chi connectivity index (χ3v) is 12.5. The molecule has 0 heterocycles. The van der Waals surface area contributed by atoms with E-state index in [0.717, 1.165) is 23.7 Å². The molecule has 5 aliphatic rings. The predicted molar refractivity (Wildman–Crippen MR) is 129 cm³/mol. The first-order valence-electron chi connectivity index (χ1n) is 13.3. The number of hydrogen-bond acceptors (Lipinski definition) is 0. The zero-order valence-electron chi connectivity index (χ0n) is 21.2. The van der Waals surface area contributed by atoms with Crippen LogP contribution in [0.15, 0.2) is 23.8 Å². The Morgan fingerprint density at radius 2 is 1.53 bits per heavy atom. The molecule has 0 N–H and O–H groups in total. The van der Waals surface area contributed by atoms with Crippen molar-refractivity contribution in [3.05, 3.63) is 23.8 Å². The average Bonchev–Trinajstić information content (AvgIpc) is 2.67. The largest absolute Gasteiger partial charge is 0.0993 e. The fraction of sp³-hybridized carbons (Fsp3) is 0.867. The van der Waals surface area contributed by atoms with Crippen LogP contribution in [-0.2, 0) is 0 Å². The molecule has 4 fully saturated rings. The Bertz CT molecular complexity index is 784. The highest BCUT2D eigenvalue weighted by atomic mass is 14.7. The summed E-state index contributed by atoms with van der Waals surface area (Å²) in [5.41, 5.74) is 5.91. The van der Waals surface area contributed by atoms with Crippen LogP contribution in [0.5, 0.6) is 0 Å². The first kappa shape index (κ1) is 21.3. The number of fused-ring (bicyclic) bond motifs is 7. The zero-order valence-corrected chi connectivity index (χ0v) is 21.2. The van der Waals surface area contributed by atoms with Gasteiger partial charge < -0.3 is 0 Å². The summed E-state index contributed by atoms with van der Waals surface area (Å²) in [6.07, 6.45) is 16.9. The highest BCUT2D eigenvalue weighted by Gasteiger charge is 2.66. The zero-order chi connectivity index (χ0) is 21.7. The number of allylic oxidation sites excluding steroid dienone is 3. The molecule has 8 atom stereocenters. The summed E-state index contributed by atoms with van der Waals surface area (Å²) < 4.78 is 0. The van der Waals surface area contributed by atoms with Crippen LogP contribution in [0.3, 0.4) is 0 Å². The minimum Gasteiger partial charge on any atom is -0.0993 e. The van der Waals surface area contributed by atoms with Crippen molar-refractivity contribution in [2.24, 2.45) is 50.7 Å². The number of hydrogen-bond donors (Lipinski definition) is 0. The summed E-state index contributed by atoms with van der Waals surface area (Å²) in [5.74, 6) is 3.16. The van der Waals surface area contributed by atoms with E-state index in [1.807, 2.05) is 5.57 Å². The molecule has 0 unspecified atom stereocenters. The lowest BCUT2D eigenvalue weighted by molar-refractivity contribution is -0.147. The van der Waals surface area contributed by atoms with Crippen LogP contribution in [0.25, 0.3) is 0 Å². The molecule has 0 nitrogen and oxygen atoms in total. The van der Waals surface area contributed by atoms with E-state index in [-0.39, 0.29) is 0 Å². The molecule has 0 bridgehead atoms. The maximum atomic E-state index is 4.65. The van der Waals surface area contributed by atoms with Gasteiger partial charge in [0.05, 0.1) is 0 Å². The lowest BCUT2D eigenvalue weighted by Gasteiger charge is -2.70. The molecule has 168 valence electrons. The van der Waals surface area contributed by atoms with Crippen LogP contribution in [0.4, 0.5) is 0 Å². The molecule has 30 heavy (non-hydrogen) atoms. The van der Waals surface area contributed by atoms with Crippen molar-refractivity contribution in [3.63, 3.8) is 0 Å². The van der Waals surface area contributed by atoms with Gasteiger partial charge in [-0.15, -0.1) is 0 Å². The van der Waals surface area contributed by atoms with Crippen molar-refractivity contribution >= 4 is 0 Å². The van der Waals surface area contributed by atoms with Gasteiger partial charge in [-0.05, 0) is 115 Å². The molecular formula is C30H48. The van der Waals surface area contributed by atoms with Crippen molar-refractivity contribution < 1.29 is 0 Å². The van der Waals surface area contributed by atoms with Gasteiger partial charge in [0.2, 0.25) is 0 Å². The summed E-state index contributed by atoms with van der Waals surface area (Å²) in [6.45, 7) is 22.9. The van der Waals surface area contributed by atoms with Gasteiger partial charge in [-0.25, -0.2) is 0 Å². The van der Waals surface area contributed by atoms with E-state index in [0.29, 0.717) is 27.1 Å². The smallest absolute Gasteiger partial charge is 0.00565 e. The van der Waals surface area contributed by atoms with Gasteiger partial charge >= 0.3 is 0 Å². The summed E-state index contributed by atoms with van der Waals surface area (Å²) in [5, 5.41) is 0. The maximum Gasteiger partial charge on any atom is -0.00565 e. The molecule has 4 saturated carbocycles. The Morgan fingerprint density at radius 1 is 0.833 bits per heavy atom. The summed E-state index contributed by atoms with van der Waals surface area (Å²) in [7, 11) is 0. The molecule has 0 radical (unpaired) electrons. The highest BCUT2D eigenvalue weighted by molar-refractivity contribution is 5.34. The standard InChI is InChI=1S/C30H48/c1-20-11-13-28(6)22(21(20)2)12-14-30(8)25(28)10-9-23-24-19-26(3,4)15-16-27(24,5)17-18-29(23,30)7/h9,20,22,24-25H,2,10-19H2,1,3-8H3/t20-,22+,24+,25-,27-,28+,29-,30-/m1/s1. The molecule has 0 amide bonds. The molecule has 0 aliphatic heterocycles. The second-order valence-corrected chi connectivity index (χ2v) is 14.4. The van der Waals surface area contributed by atoms with Crippen LogP contribution in [0, 0.1) is 50.7 Å². The molecule has 0 spiro atoms. The van der Waals surface area contributed by atoms with Crippen molar-refractivity contribution in [1.29, 1.82) is 0 Å². The fourth-order valence-corrected chi connectivity index (χ4v) is 9.90. The lowest BCUT2D eigenvalue weighted by atomic mass is 9.35. The van der Waals surface area contributed by atoms with Crippen LogP contribution >= 0.6 is 0 Å². The summed E-state index contributed by atoms with van der Waals surface area (Å²) in [4.78, 5) is 0. The summed E-state index contributed by atoms with van der Waals surface area (Å²) in [6, 6.07) is 0. The molecule has 0 aromatic carbocycles. The molecule has 0 heteroatoms. The lowest BCUT2D eigenvalue weighted by Crippen LogP contribution is -2.61. The Kier molecular flexibility index (Phi) is 4.47. The summed E-state index contributed by atoms with van der Waals surface area (Å²) >= 11 is 0. The quantitative estimate of drug-likeness (QED) is 0.351. The monoisotopic (exact) mass is 408 g/mol. The molecule has 0 aromatic rings. The van der Waals surface area contributed by atoms with E-state index >= 15 is 0 Å². The normalized spacial score (nSPS) is 54.9. The molecule has 0 aromatic heterocycles. The third-order valence-electron chi connectivity index (χ3n) is 12.5. The van der Waals surface area contributed by atoms with Gasteiger partial charge in [0.15, 0.2) is 0 Å². The van der Waals surface area contributed by atoms with Gasteiger partial charge in [0, 0.05) is 0 Å². The van der Waals surface area contributed by atoms with Gasteiger partial charge in [-0.3, -0.25) is 0 Å². The molecule has 5 aliphatic carbocycles. The predicted octanol–water partition coefficient (Wildman–Crippen LogP) is 8.97. The number of rotatable bonds is 0. The Balaban J connectivity index is 1.57. The van der Waals surface area contributed by atoms with E-state index < -0.39 is 0 Å². The van der Waals surface area contributed by atoms with Crippen LogP contribution < -0.4 is 0 Å². The van der Waals surface area contributed by atoms with E-state index in [2.05, 4.69) is 61.1 Å². The van der Waals surface area contributed by atoms with Crippen LogP contribution in [0.2, 0.25) is 0 Å². The average molecular weight is 409 g/mol. The van der Waals surface area contributed by atoms with E-state index in [4.69, 9.17) is 0 Å².